The van der Waals surface area contributed by atoms with E-state index in [4.69, 9.17) is 15.2 Å². The van der Waals surface area contributed by atoms with Crippen molar-refractivity contribution in [3.8, 4) is 16.9 Å². The number of benzene rings is 2. The highest BCUT2D eigenvalue weighted by Crippen LogP contribution is 2.32. The van der Waals surface area contributed by atoms with Crippen LogP contribution in [0.1, 0.15) is 83.3 Å². The molecular weight excluding hydrogens is 550 g/mol. The van der Waals surface area contributed by atoms with E-state index in [1.165, 1.54) is 44.3 Å². The lowest BCUT2D eigenvalue weighted by Crippen LogP contribution is -2.45. The first kappa shape index (κ1) is 35.5. The highest BCUT2D eigenvalue weighted by Gasteiger charge is 2.23. The average Bonchev–Trinajstić information content (AvgIpc) is 3.03. The number of unbranched alkanes of at least 4 members (excludes halogenated alkanes) is 1. The number of aryl methyl sites for hydroxylation is 1. The van der Waals surface area contributed by atoms with Crippen LogP contribution in [0.4, 0.5) is 0 Å². The van der Waals surface area contributed by atoms with E-state index in [0.29, 0.717) is 32.6 Å². The number of nitrogens with two attached hydrogens (primary N) is 1. The van der Waals surface area contributed by atoms with Gasteiger partial charge in [-0.3, -0.25) is 20.0 Å². The Balaban J connectivity index is 1.61. The number of guanidine groups is 1. The number of nitrogens with zero attached hydrogens (tertiary/aromatic N) is 3. The summed E-state index contributed by atoms with van der Waals surface area (Å²) in [5.41, 5.74) is 10.4. The lowest BCUT2D eigenvalue weighted by atomic mass is 9.98. The molecule has 44 heavy (non-hydrogen) atoms. The summed E-state index contributed by atoms with van der Waals surface area (Å²) < 4.78 is 11.5. The van der Waals surface area contributed by atoms with Gasteiger partial charge in [0.1, 0.15) is 5.75 Å². The zero-order valence-electron chi connectivity index (χ0n) is 27.8. The van der Waals surface area contributed by atoms with Gasteiger partial charge < -0.3 is 20.1 Å². The second-order valence-corrected chi connectivity index (χ2v) is 11.9. The van der Waals surface area contributed by atoms with Crippen LogP contribution >= 0.6 is 0 Å². The van der Waals surface area contributed by atoms with E-state index in [2.05, 4.69) is 83.3 Å². The lowest BCUT2D eigenvalue weighted by Gasteiger charge is -2.38. The number of rotatable bonds is 19. The van der Waals surface area contributed by atoms with E-state index in [-0.39, 0.29) is 11.9 Å². The second-order valence-electron chi connectivity index (χ2n) is 11.9. The Morgan fingerprint density at radius 3 is 2.34 bits per heavy atom. The largest absolute Gasteiger partial charge is 0.493 e. The predicted molar refractivity (Wildman–Crippen MR) is 182 cm³/mol. The molecule has 8 heteroatoms. The molecule has 8 nitrogen and oxygen atoms in total. The second kappa shape index (κ2) is 20.2. The number of piperidine rings is 1. The molecule has 1 fully saturated rings. The maximum atomic E-state index is 12.4. The molecule has 0 bridgehead atoms. The lowest BCUT2D eigenvalue weighted by molar-refractivity contribution is -0.119. The third-order valence-electron chi connectivity index (χ3n) is 8.26. The summed E-state index contributed by atoms with van der Waals surface area (Å²) in [5.74, 6) is 0.895. The van der Waals surface area contributed by atoms with Crippen molar-refractivity contribution in [3.63, 3.8) is 0 Å². The smallest absolute Gasteiger partial charge is 0.226 e. The van der Waals surface area contributed by atoms with Crippen LogP contribution in [0.15, 0.2) is 47.5 Å². The number of ether oxygens (including phenoxy) is 2. The zero-order valence-corrected chi connectivity index (χ0v) is 27.8. The van der Waals surface area contributed by atoms with E-state index in [0.717, 1.165) is 67.4 Å². The van der Waals surface area contributed by atoms with Crippen molar-refractivity contribution in [2.24, 2.45) is 10.7 Å². The highest BCUT2D eigenvalue weighted by molar-refractivity contribution is 5.96. The molecule has 3 rings (SSSR count). The number of methoxy groups -OCH3 is 1. The maximum absolute atomic E-state index is 12.4. The van der Waals surface area contributed by atoms with Crippen LogP contribution in [0.5, 0.6) is 5.75 Å². The van der Waals surface area contributed by atoms with Gasteiger partial charge >= 0.3 is 0 Å². The minimum absolute atomic E-state index is 0.131. The van der Waals surface area contributed by atoms with Gasteiger partial charge in [-0.2, -0.15) is 0 Å². The number of amides is 1. The van der Waals surface area contributed by atoms with Gasteiger partial charge in [-0.1, -0.05) is 63.6 Å². The van der Waals surface area contributed by atoms with Gasteiger partial charge in [-0.15, -0.1) is 0 Å². The van der Waals surface area contributed by atoms with Crippen LogP contribution in [-0.2, 0) is 22.5 Å². The SMILES string of the molecule is CCCCN=C(N)NC(=O)CCc1ccc(-c2ccc(CN3CCC(N(CCC)CCC)CC3)cc2)c(OCCCOC)c1. The molecule has 244 valence electrons. The molecule has 0 saturated carbocycles. The Kier molecular flexibility index (Phi) is 16.3. The van der Waals surface area contributed by atoms with E-state index < -0.39 is 0 Å². The van der Waals surface area contributed by atoms with E-state index >= 15 is 0 Å². The summed E-state index contributed by atoms with van der Waals surface area (Å²) in [6.07, 6.45) is 8.70. The molecule has 0 aliphatic carbocycles. The average molecular weight is 608 g/mol. The van der Waals surface area contributed by atoms with E-state index in [1.807, 2.05) is 0 Å². The summed E-state index contributed by atoms with van der Waals surface area (Å²) in [4.78, 5) is 21.9. The Labute approximate surface area is 266 Å². The van der Waals surface area contributed by atoms with Crippen molar-refractivity contribution in [1.82, 2.24) is 15.1 Å². The molecule has 1 heterocycles. The third-order valence-corrected chi connectivity index (χ3v) is 8.26. The summed E-state index contributed by atoms with van der Waals surface area (Å²) in [6.45, 7) is 14.3. The molecule has 3 N–H and O–H groups in total. The van der Waals surface area contributed by atoms with Gasteiger partial charge in [0.25, 0.3) is 0 Å². The number of carbonyl (C=O) groups excluding carboxylic acids is 1. The monoisotopic (exact) mass is 607 g/mol. The topological polar surface area (TPSA) is 92.4 Å². The molecule has 0 unspecified atom stereocenters. The van der Waals surface area contributed by atoms with Crippen LogP contribution in [0.2, 0.25) is 0 Å². The minimum atomic E-state index is -0.131. The number of likely N-dealkylation sites (tertiary alicyclic amines) is 1. The van der Waals surface area contributed by atoms with Gasteiger partial charge in [0.2, 0.25) is 5.91 Å². The Morgan fingerprint density at radius 2 is 1.68 bits per heavy atom. The molecule has 0 atom stereocenters. The Morgan fingerprint density at radius 1 is 0.977 bits per heavy atom. The van der Waals surface area contributed by atoms with Crippen molar-refractivity contribution >= 4 is 11.9 Å². The molecule has 0 spiro atoms. The van der Waals surface area contributed by atoms with Gasteiger partial charge in [0, 0.05) is 51.3 Å². The number of nitrogens with one attached hydrogen (secondary N) is 1. The summed E-state index contributed by atoms with van der Waals surface area (Å²) in [7, 11) is 1.70. The molecule has 0 aromatic heterocycles. The van der Waals surface area contributed by atoms with Gasteiger partial charge in [0.15, 0.2) is 5.96 Å². The standard InChI is InChI=1S/C36H57N5O3/c1-5-8-20-38-36(37)39-35(42)17-13-29-12-16-33(34(27-29)44-26-9-25-43-4)31-14-10-30(11-15-31)28-40-23-18-32(19-24-40)41(21-6-2)22-7-3/h10-12,14-16,27,32H,5-9,13,17-26,28H2,1-4H3,(H3,37,38,39,42). The molecule has 1 saturated heterocycles. The highest BCUT2D eigenvalue weighted by atomic mass is 16.5. The molecule has 1 aliphatic heterocycles. The fraction of sp³-hybridized carbons (Fsp3) is 0.611. The number of carbonyl (C=O) groups is 1. The molecule has 2 aromatic rings. The van der Waals surface area contributed by atoms with Crippen LogP contribution in [0, 0.1) is 0 Å². The summed E-state index contributed by atoms with van der Waals surface area (Å²) >= 11 is 0. The summed E-state index contributed by atoms with van der Waals surface area (Å²) in [6, 6.07) is 15.9. The predicted octanol–water partition coefficient (Wildman–Crippen LogP) is 6.02. The van der Waals surface area contributed by atoms with Crippen LogP contribution in [0.25, 0.3) is 11.1 Å². The van der Waals surface area contributed by atoms with Crippen molar-refractivity contribution in [1.29, 1.82) is 0 Å². The van der Waals surface area contributed by atoms with Gasteiger partial charge in [-0.25, -0.2) is 0 Å². The summed E-state index contributed by atoms with van der Waals surface area (Å²) in [5, 5.41) is 2.70. The van der Waals surface area contributed by atoms with E-state index in [9.17, 15) is 4.79 Å². The Bertz CT molecular complexity index is 1120. The van der Waals surface area contributed by atoms with Crippen molar-refractivity contribution < 1.29 is 14.3 Å². The molecule has 0 radical (unpaired) electrons. The van der Waals surface area contributed by atoms with Crippen molar-refractivity contribution in [2.75, 3.05) is 53.0 Å². The molecule has 1 amide bonds. The zero-order chi connectivity index (χ0) is 31.6. The van der Waals surface area contributed by atoms with Crippen LogP contribution < -0.4 is 15.8 Å². The van der Waals surface area contributed by atoms with Crippen molar-refractivity contribution in [3.05, 3.63) is 53.6 Å². The Hall–Kier alpha value is -2.94. The van der Waals surface area contributed by atoms with E-state index in [1.54, 1.807) is 7.11 Å². The molecule has 2 aromatic carbocycles. The van der Waals surface area contributed by atoms with Crippen LogP contribution in [0.3, 0.4) is 0 Å². The number of hydrogen-bond donors (Lipinski definition) is 2. The fourth-order valence-corrected chi connectivity index (χ4v) is 5.87. The van der Waals surface area contributed by atoms with Crippen LogP contribution in [-0.4, -0.2) is 80.8 Å². The molecule has 1 aliphatic rings. The fourth-order valence-electron chi connectivity index (χ4n) is 5.87. The number of aliphatic imine (C=N–C) groups is 1. The quantitative estimate of drug-likeness (QED) is 0.115. The van der Waals surface area contributed by atoms with Gasteiger partial charge in [-0.05, 0) is 87.5 Å². The minimum Gasteiger partial charge on any atom is -0.493 e. The van der Waals surface area contributed by atoms with Gasteiger partial charge in [0.05, 0.1) is 6.61 Å². The molecular formula is C36H57N5O3. The normalized spacial score (nSPS) is 14.7. The number of hydrogen-bond acceptors (Lipinski definition) is 6. The first-order valence-corrected chi connectivity index (χ1v) is 16.9. The first-order valence-electron chi connectivity index (χ1n) is 16.9. The third kappa shape index (κ3) is 12.2. The maximum Gasteiger partial charge on any atom is 0.226 e. The first-order chi connectivity index (χ1) is 21.5. The van der Waals surface area contributed by atoms with Crippen molar-refractivity contribution in [2.45, 2.75) is 91.1 Å².